The van der Waals surface area contributed by atoms with E-state index < -0.39 is 5.97 Å². The predicted molar refractivity (Wildman–Crippen MR) is 85.1 cm³/mol. The zero-order chi connectivity index (χ0) is 16.8. The second-order valence-electron chi connectivity index (χ2n) is 5.71. The third-order valence-electron chi connectivity index (χ3n) is 4.17. The number of carboxylic acids is 1. The number of rotatable bonds is 6. The Morgan fingerprint density at radius 2 is 2.00 bits per heavy atom. The average Bonchev–Trinajstić information content (AvgIpc) is 2.55. The number of nitrogens with one attached hydrogen (secondary N) is 1. The minimum absolute atomic E-state index is 0.0156. The summed E-state index contributed by atoms with van der Waals surface area (Å²) < 4.78 is 0. The van der Waals surface area contributed by atoms with E-state index in [0.717, 1.165) is 5.56 Å². The summed E-state index contributed by atoms with van der Waals surface area (Å²) in [5.41, 5.74) is 1.23. The maximum atomic E-state index is 12.2. The quantitative estimate of drug-likeness (QED) is 0.828. The number of nitrogens with zero attached hydrogens (tertiary/aromatic N) is 1. The number of carbonyl (C=O) groups excluding carboxylic acids is 2. The Labute approximate surface area is 135 Å². The van der Waals surface area contributed by atoms with Crippen LogP contribution in [0.3, 0.4) is 0 Å². The standard InChI is InChI=1S/C17H22N2O4/c1-2-19-11-14(7-8-15(19)20)16(21)18-10-9-12-3-5-13(6-4-12)17(22)23/h3-6,14H,2,7-11H2,1H3,(H,18,21)(H,22,23). The third-order valence-corrected chi connectivity index (χ3v) is 4.17. The predicted octanol–water partition coefficient (Wildman–Crippen LogP) is 1.30. The summed E-state index contributed by atoms with van der Waals surface area (Å²) in [7, 11) is 0. The van der Waals surface area contributed by atoms with Crippen molar-refractivity contribution in [3.8, 4) is 0 Å². The summed E-state index contributed by atoms with van der Waals surface area (Å²) in [6.07, 6.45) is 1.69. The van der Waals surface area contributed by atoms with Crippen LogP contribution in [0.1, 0.15) is 35.7 Å². The highest BCUT2D eigenvalue weighted by Crippen LogP contribution is 2.17. The number of benzene rings is 1. The van der Waals surface area contributed by atoms with Gasteiger partial charge >= 0.3 is 5.97 Å². The lowest BCUT2D eigenvalue weighted by atomic mass is 9.96. The van der Waals surface area contributed by atoms with Crippen molar-refractivity contribution >= 4 is 17.8 Å². The van der Waals surface area contributed by atoms with Crippen molar-refractivity contribution < 1.29 is 19.5 Å². The number of hydrogen-bond acceptors (Lipinski definition) is 3. The molecule has 1 heterocycles. The molecule has 1 aliphatic heterocycles. The van der Waals surface area contributed by atoms with Gasteiger partial charge in [-0.25, -0.2) is 4.79 Å². The Morgan fingerprint density at radius 1 is 1.30 bits per heavy atom. The van der Waals surface area contributed by atoms with E-state index in [1.165, 1.54) is 0 Å². The molecule has 1 fully saturated rings. The van der Waals surface area contributed by atoms with Gasteiger partial charge in [0.15, 0.2) is 0 Å². The van der Waals surface area contributed by atoms with Crippen molar-refractivity contribution in [3.05, 3.63) is 35.4 Å². The van der Waals surface area contributed by atoms with Crippen molar-refractivity contribution in [2.45, 2.75) is 26.2 Å². The van der Waals surface area contributed by atoms with Crippen molar-refractivity contribution in [2.75, 3.05) is 19.6 Å². The van der Waals surface area contributed by atoms with Gasteiger partial charge in [-0.3, -0.25) is 9.59 Å². The maximum Gasteiger partial charge on any atom is 0.335 e. The highest BCUT2D eigenvalue weighted by Gasteiger charge is 2.28. The van der Waals surface area contributed by atoms with Gasteiger partial charge in [0.1, 0.15) is 0 Å². The van der Waals surface area contributed by atoms with Crippen molar-refractivity contribution in [1.29, 1.82) is 0 Å². The van der Waals surface area contributed by atoms with Gasteiger partial charge in [0.25, 0.3) is 0 Å². The average molecular weight is 318 g/mol. The van der Waals surface area contributed by atoms with Crippen molar-refractivity contribution in [3.63, 3.8) is 0 Å². The van der Waals surface area contributed by atoms with Crippen LogP contribution >= 0.6 is 0 Å². The monoisotopic (exact) mass is 318 g/mol. The van der Waals surface area contributed by atoms with E-state index in [1.807, 2.05) is 6.92 Å². The van der Waals surface area contributed by atoms with Crippen LogP contribution < -0.4 is 5.32 Å². The lowest BCUT2D eigenvalue weighted by Gasteiger charge is -2.31. The molecule has 0 radical (unpaired) electrons. The van der Waals surface area contributed by atoms with Crippen LogP contribution in [-0.2, 0) is 16.0 Å². The number of piperidine rings is 1. The minimum Gasteiger partial charge on any atom is -0.478 e. The molecule has 6 nitrogen and oxygen atoms in total. The molecule has 2 amide bonds. The number of amides is 2. The van der Waals surface area contributed by atoms with Crippen LogP contribution in [0, 0.1) is 5.92 Å². The highest BCUT2D eigenvalue weighted by molar-refractivity contribution is 5.87. The molecule has 6 heteroatoms. The molecule has 1 aliphatic rings. The fourth-order valence-corrected chi connectivity index (χ4v) is 2.72. The Hall–Kier alpha value is -2.37. The van der Waals surface area contributed by atoms with Crippen molar-refractivity contribution in [1.82, 2.24) is 10.2 Å². The summed E-state index contributed by atoms with van der Waals surface area (Å²) in [5, 5.41) is 11.7. The number of likely N-dealkylation sites (tertiary alicyclic amines) is 1. The van der Waals surface area contributed by atoms with Gasteiger partial charge in [-0.05, 0) is 37.5 Å². The first-order chi connectivity index (χ1) is 11.0. The molecule has 0 bridgehead atoms. The van der Waals surface area contributed by atoms with Crippen LogP contribution in [0.25, 0.3) is 0 Å². The number of aromatic carboxylic acids is 1. The molecule has 2 rings (SSSR count). The topological polar surface area (TPSA) is 86.7 Å². The Bertz CT molecular complexity index is 583. The Balaban J connectivity index is 1.78. The lowest BCUT2D eigenvalue weighted by molar-refractivity contribution is -0.138. The van der Waals surface area contributed by atoms with Crippen LogP contribution in [0.2, 0.25) is 0 Å². The second-order valence-corrected chi connectivity index (χ2v) is 5.71. The van der Waals surface area contributed by atoms with Crippen LogP contribution in [0.15, 0.2) is 24.3 Å². The first kappa shape index (κ1) is 17.0. The lowest BCUT2D eigenvalue weighted by Crippen LogP contribution is -2.45. The first-order valence-electron chi connectivity index (χ1n) is 7.89. The number of carboxylic acid groups (broad SMARTS) is 1. The molecule has 23 heavy (non-hydrogen) atoms. The molecule has 1 unspecified atom stereocenters. The molecule has 1 atom stereocenters. The molecule has 0 aliphatic carbocycles. The molecule has 1 aromatic carbocycles. The maximum absolute atomic E-state index is 12.2. The molecule has 0 spiro atoms. The summed E-state index contributed by atoms with van der Waals surface area (Å²) in [5.74, 6) is -0.979. The summed E-state index contributed by atoms with van der Waals surface area (Å²) in [6, 6.07) is 6.64. The molecule has 0 saturated carbocycles. The smallest absolute Gasteiger partial charge is 0.335 e. The molecule has 0 aromatic heterocycles. The molecule has 1 saturated heterocycles. The van der Waals surface area contributed by atoms with E-state index in [4.69, 9.17) is 5.11 Å². The van der Waals surface area contributed by atoms with Gasteiger partial charge in [-0.15, -0.1) is 0 Å². The van der Waals surface area contributed by atoms with E-state index >= 15 is 0 Å². The van der Waals surface area contributed by atoms with E-state index in [2.05, 4.69) is 5.32 Å². The van der Waals surface area contributed by atoms with Crippen LogP contribution in [0.5, 0.6) is 0 Å². The van der Waals surface area contributed by atoms with Gasteiger partial charge in [0, 0.05) is 26.1 Å². The number of carbonyl (C=O) groups is 3. The highest BCUT2D eigenvalue weighted by atomic mass is 16.4. The van der Waals surface area contributed by atoms with Crippen molar-refractivity contribution in [2.24, 2.45) is 5.92 Å². The normalized spacial score (nSPS) is 17.9. The fourth-order valence-electron chi connectivity index (χ4n) is 2.72. The van der Waals surface area contributed by atoms with Gasteiger partial charge in [-0.1, -0.05) is 12.1 Å². The Morgan fingerprint density at radius 3 is 2.61 bits per heavy atom. The Kier molecular flexibility index (Phi) is 5.73. The van der Waals surface area contributed by atoms with E-state index in [1.54, 1.807) is 29.2 Å². The molecule has 1 aromatic rings. The zero-order valence-electron chi connectivity index (χ0n) is 13.2. The molecular formula is C17H22N2O4. The summed E-state index contributed by atoms with van der Waals surface area (Å²) in [4.78, 5) is 36.3. The fraction of sp³-hybridized carbons (Fsp3) is 0.471. The molecular weight excluding hydrogens is 296 g/mol. The van der Waals surface area contributed by atoms with Gasteiger partial charge < -0.3 is 15.3 Å². The molecule has 124 valence electrons. The van der Waals surface area contributed by atoms with E-state index in [-0.39, 0.29) is 23.3 Å². The second kappa shape index (κ2) is 7.76. The van der Waals surface area contributed by atoms with Crippen LogP contribution in [-0.4, -0.2) is 47.4 Å². The zero-order valence-corrected chi connectivity index (χ0v) is 13.2. The summed E-state index contributed by atoms with van der Waals surface area (Å²) >= 11 is 0. The van der Waals surface area contributed by atoms with Crippen LogP contribution in [0.4, 0.5) is 0 Å². The number of hydrogen-bond donors (Lipinski definition) is 2. The minimum atomic E-state index is -0.947. The molecule has 2 N–H and O–H groups in total. The van der Waals surface area contributed by atoms with E-state index in [0.29, 0.717) is 38.9 Å². The van der Waals surface area contributed by atoms with Gasteiger partial charge in [-0.2, -0.15) is 0 Å². The van der Waals surface area contributed by atoms with E-state index in [9.17, 15) is 14.4 Å². The SMILES string of the molecule is CCN1CC(C(=O)NCCc2ccc(C(=O)O)cc2)CCC1=O. The third kappa shape index (κ3) is 4.55. The summed E-state index contributed by atoms with van der Waals surface area (Å²) in [6.45, 7) is 3.55. The van der Waals surface area contributed by atoms with Gasteiger partial charge in [0.2, 0.25) is 11.8 Å². The largest absolute Gasteiger partial charge is 0.478 e. The first-order valence-corrected chi connectivity index (χ1v) is 7.89. The van der Waals surface area contributed by atoms with Gasteiger partial charge in [0.05, 0.1) is 11.5 Å².